The molecular weight excluding hydrogens is 406 g/mol. The van der Waals surface area contributed by atoms with Gasteiger partial charge in [0.2, 0.25) is 5.91 Å². The number of nitrogens with zero attached hydrogens (tertiary/aromatic N) is 3. The second kappa shape index (κ2) is 8.82. The van der Waals surface area contributed by atoms with Crippen molar-refractivity contribution >= 4 is 16.9 Å². The van der Waals surface area contributed by atoms with E-state index in [0.29, 0.717) is 31.0 Å². The lowest BCUT2D eigenvalue weighted by Crippen LogP contribution is -2.42. The molecule has 1 saturated heterocycles. The highest BCUT2D eigenvalue weighted by molar-refractivity contribution is 5.81. The van der Waals surface area contributed by atoms with Crippen LogP contribution in [0.15, 0.2) is 48.5 Å². The molecule has 0 spiro atoms. The average Bonchev–Trinajstić information content (AvgIpc) is 3.33. The van der Waals surface area contributed by atoms with Gasteiger partial charge in [0.15, 0.2) is 11.5 Å². The molecule has 1 amide bonds. The van der Waals surface area contributed by atoms with Crippen LogP contribution in [0.5, 0.6) is 11.5 Å². The maximum Gasteiger partial charge on any atom is 0.223 e. The summed E-state index contributed by atoms with van der Waals surface area (Å²) in [4.78, 5) is 19.5. The summed E-state index contributed by atoms with van der Waals surface area (Å²) in [6.07, 6.45) is -0.332. The Bertz CT molecular complexity index is 1100. The van der Waals surface area contributed by atoms with Crippen LogP contribution >= 0.6 is 0 Å². The Hall–Kier alpha value is -3.06. The molecule has 170 valence electrons. The van der Waals surface area contributed by atoms with Gasteiger partial charge in [0.05, 0.1) is 24.7 Å². The molecule has 0 aliphatic carbocycles. The minimum atomic E-state index is -0.757. The van der Waals surface area contributed by atoms with E-state index in [1.165, 1.54) is 0 Å². The van der Waals surface area contributed by atoms with Crippen LogP contribution in [0.4, 0.5) is 0 Å². The predicted octanol–water partition coefficient (Wildman–Crippen LogP) is 3.60. The lowest BCUT2D eigenvalue weighted by atomic mass is 10.1. The van der Waals surface area contributed by atoms with Crippen molar-refractivity contribution in [3.63, 3.8) is 0 Å². The Morgan fingerprint density at radius 2 is 1.81 bits per heavy atom. The molecule has 3 aromatic rings. The van der Waals surface area contributed by atoms with Gasteiger partial charge in [-0.2, -0.15) is 0 Å². The zero-order valence-corrected chi connectivity index (χ0v) is 19.1. The Labute approximate surface area is 188 Å². The van der Waals surface area contributed by atoms with Gasteiger partial charge < -0.3 is 24.0 Å². The Morgan fingerprint density at radius 1 is 1.12 bits per heavy atom. The fourth-order valence-corrected chi connectivity index (χ4v) is 4.31. The summed E-state index contributed by atoms with van der Waals surface area (Å²) >= 11 is 0. The van der Waals surface area contributed by atoms with E-state index in [1.807, 2.05) is 58.0 Å². The lowest BCUT2D eigenvalue weighted by molar-refractivity contribution is -0.131. The molecule has 0 saturated carbocycles. The number of methoxy groups -OCH3 is 1. The summed E-state index contributed by atoms with van der Waals surface area (Å²) in [5.41, 5.74) is 1.58. The molecule has 0 radical (unpaired) electrons. The number of aromatic nitrogens is 2. The van der Waals surface area contributed by atoms with Crippen molar-refractivity contribution in [2.75, 3.05) is 20.3 Å². The zero-order chi connectivity index (χ0) is 22.9. The number of ether oxygens (including phenoxy) is 2. The maximum absolute atomic E-state index is 12.7. The molecule has 32 heavy (non-hydrogen) atoms. The van der Waals surface area contributed by atoms with Gasteiger partial charge in [0.25, 0.3) is 0 Å². The molecule has 7 nitrogen and oxygen atoms in total. The van der Waals surface area contributed by atoms with E-state index < -0.39 is 6.10 Å². The molecule has 0 bridgehead atoms. The van der Waals surface area contributed by atoms with E-state index in [4.69, 9.17) is 14.5 Å². The monoisotopic (exact) mass is 437 g/mol. The smallest absolute Gasteiger partial charge is 0.223 e. The van der Waals surface area contributed by atoms with Crippen molar-refractivity contribution < 1.29 is 19.4 Å². The molecule has 1 N–H and O–H groups in total. The van der Waals surface area contributed by atoms with E-state index in [9.17, 15) is 9.90 Å². The van der Waals surface area contributed by atoms with Crippen LogP contribution in [0, 0.1) is 0 Å². The van der Waals surface area contributed by atoms with Gasteiger partial charge in [-0.05, 0) is 45.0 Å². The first-order chi connectivity index (χ1) is 15.3. The first-order valence-electron chi connectivity index (χ1n) is 11.0. The number of benzene rings is 2. The maximum atomic E-state index is 12.7. The Balaban J connectivity index is 1.56. The number of hydrogen-bond acceptors (Lipinski definition) is 5. The fraction of sp³-hybridized carbons (Fsp3) is 0.440. The largest absolute Gasteiger partial charge is 0.493 e. The van der Waals surface area contributed by atoms with Crippen LogP contribution in [-0.2, 0) is 11.3 Å². The van der Waals surface area contributed by atoms with Crippen molar-refractivity contribution in [2.24, 2.45) is 0 Å². The molecular formula is C25H31N3O4. The quantitative estimate of drug-likeness (QED) is 0.611. The number of rotatable bonds is 7. The number of para-hydroxylation sites is 4. The van der Waals surface area contributed by atoms with Crippen molar-refractivity contribution in [3.05, 3.63) is 54.4 Å². The highest BCUT2D eigenvalue weighted by Gasteiger charge is 2.39. The molecule has 1 aliphatic heterocycles. The van der Waals surface area contributed by atoms with Gasteiger partial charge in [-0.1, -0.05) is 24.3 Å². The van der Waals surface area contributed by atoms with Gasteiger partial charge in [0, 0.05) is 24.4 Å². The zero-order valence-electron chi connectivity index (χ0n) is 19.1. The van der Waals surface area contributed by atoms with Gasteiger partial charge in [-0.25, -0.2) is 4.98 Å². The lowest BCUT2D eigenvalue weighted by Gasteiger charge is -2.32. The third-order valence-electron chi connectivity index (χ3n) is 5.88. The summed E-state index contributed by atoms with van der Waals surface area (Å²) < 4.78 is 13.2. The number of aliphatic hydroxyl groups is 1. The van der Waals surface area contributed by atoms with Gasteiger partial charge in [-0.3, -0.25) is 4.79 Å². The summed E-state index contributed by atoms with van der Waals surface area (Å²) in [6.45, 7) is 7.22. The van der Waals surface area contributed by atoms with Gasteiger partial charge in [0.1, 0.15) is 18.5 Å². The third-order valence-corrected chi connectivity index (χ3v) is 5.88. The first kappa shape index (κ1) is 22.1. The normalized spacial score (nSPS) is 17.7. The molecule has 1 aromatic heterocycles. The highest BCUT2D eigenvalue weighted by atomic mass is 16.5. The van der Waals surface area contributed by atoms with Crippen molar-refractivity contribution in [2.45, 2.75) is 51.3 Å². The van der Waals surface area contributed by atoms with Crippen LogP contribution < -0.4 is 9.47 Å². The summed E-state index contributed by atoms with van der Waals surface area (Å²) in [6, 6.07) is 15.2. The minimum absolute atomic E-state index is 0.0172. The number of amides is 1. The number of hydrogen-bond donors (Lipinski definition) is 1. The van der Waals surface area contributed by atoms with Crippen LogP contribution in [-0.4, -0.2) is 57.4 Å². The predicted molar refractivity (Wildman–Crippen MR) is 123 cm³/mol. The van der Waals surface area contributed by atoms with Crippen LogP contribution in [0.1, 0.15) is 38.9 Å². The number of fused-ring (bicyclic) bond motifs is 1. The highest BCUT2D eigenvalue weighted by Crippen LogP contribution is 2.34. The SMILES string of the molecule is COc1ccccc1OC[C@@H](O)Cn1c([C@@H]2CC(=O)N(C(C)(C)C)C2)nc2ccccc21. The summed E-state index contributed by atoms with van der Waals surface area (Å²) in [5.74, 6) is 2.17. The Morgan fingerprint density at radius 3 is 2.50 bits per heavy atom. The second-order valence-electron chi connectivity index (χ2n) is 9.26. The Kier molecular flexibility index (Phi) is 6.11. The molecule has 4 rings (SSSR count). The minimum Gasteiger partial charge on any atom is -0.493 e. The molecule has 7 heteroatoms. The fourth-order valence-electron chi connectivity index (χ4n) is 4.31. The average molecular weight is 438 g/mol. The second-order valence-corrected chi connectivity index (χ2v) is 9.26. The summed E-state index contributed by atoms with van der Waals surface area (Å²) in [7, 11) is 1.59. The van der Waals surface area contributed by atoms with Gasteiger partial charge in [-0.15, -0.1) is 0 Å². The van der Waals surface area contributed by atoms with Crippen LogP contribution in [0.3, 0.4) is 0 Å². The van der Waals surface area contributed by atoms with Gasteiger partial charge >= 0.3 is 0 Å². The van der Waals surface area contributed by atoms with Crippen molar-refractivity contribution in [1.82, 2.24) is 14.5 Å². The van der Waals surface area contributed by atoms with E-state index in [-0.39, 0.29) is 24.0 Å². The standard InChI is InChI=1S/C25H31N3O4/c1-25(2,3)28-14-17(13-23(28)30)24-26-19-9-5-6-10-20(19)27(24)15-18(29)16-32-22-12-8-7-11-21(22)31-4/h5-12,17-18,29H,13-16H2,1-4H3/t17-,18+/m1/s1. The van der Waals surface area contributed by atoms with E-state index in [2.05, 4.69) is 20.8 Å². The van der Waals surface area contributed by atoms with Crippen molar-refractivity contribution in [3.8, 4) is 11.5 Å². The number of carbonyl (C=O) groups is 1. The molecule has 0 unspecified atom stereocenters. The van der Waals surface area contributed by atoms with E-state index in [1.54, 1.807) is 7.11 Å². The molecule has 1 aliphatic rings. The van der Waals surface area contributed by atoms with Crippen molar-refractivity contribution in [1.29, 1.82) is 0 Å². The first-order valence-corrected chi connectivity index (χ1v) is 11.0. The third kappa shape index (κ3) is 4.43. The topological polar surface area (TPSA) is 76.8 Å². The molecule has 2 heterocycles. The molecule has 2 aromatic carbocycles. The van der Waals surface area contributed by atoms with Crippen LogP contribution in [0.2, 0.25) is 0 Å². The van der Waals surface area contributed by atoms with E-state index in [0.717, 1.165) is 16.9 Å². The number of carbonyl (C=O) groups excluding carboxylic acids is 1. The number of imidazole rings is 1. The molecule has 1 fully saturated rings. The van der Waals surface area contributed by atoms with E-state index >= 15 is 0 Å². The number of likely N-dealkylation sites (tertiary alicyclic amines) is 1. The summed E-state index contributed by atoms with van der Waals surface area (Å²) in [5, 5.41) is 10.8. The number of aliphatic hydroxyl groups excluding tert-OH is 1. The van der Waals surface area contributed by atoms with Crippen LogP contribution in [0.25, 0.3) is 11.0 Å². The molecule has 2 atom stereocenters.